The lowest BCUT2D eigenvalue weighted by Crippen LogP contribution is -2.42. The number of amides is 1. The second kappa shape index (κ2) is 13.2. The molecular weight excluding hydrogens is 544 g/mol. The van der Waals surface area contributed by atoms with E-state index < -0.39 is 0 Å². The molecule has 0 bridgehead atoms. The Morgan fingerprint density at radius 1 is 0.795 bits per heavy atom. The third-order valence-corrected chi connectivity index (χ3v) is 8.72. The summed E-state index contributed by atoms with van der Waals surface area (Å²) in [6, 6.07) is 40.0. The molecule has 0 radical (unpaired) electrons. The topological polar surface area (TPSA) is 32.3 Å². The van der Waals surface area contributed by atoms with Gasteiger partial charge in [-0.3, -0.25) is 4.79 Å². The van der Waals surface area contributed by atoms with Crippen LogP contribution in [0, 0.1) is 0 Å². The number of carbonyl (C=O) groups is 1. The van der Waals surface area contributed by atoms with Crippen molar-refractivity contribution in [2.75, 3.05) is 26.2 Å². The molecule has 0 atom stereocenters. The van der Waals surface area contributed by atoms with Crippen LogP contribution >= 0.6 is 15.9 Å². The molecule has 4 aromatic carbocycles. The van der Waals surface area contributed by atoms with E-state index in [1.165, 1.54) is 29.5 Å². The van der Waals surface area contributed by atoms with Gasteiger partial charge in [-0.05, 0) is 86.1 Å². The van der Waals surface area contributed by atoms with Gasteiger partial charge in [0, 0.05) is 22.0 Å². The molecular formula is C35H37BrN2O. The summed E-state index contributed by atoms with van der Waals surface area (Å²) in [4.78, 5) is 15.9. The maximum Gasteiger partial charge on any atom is 0.251 e. The van der Waals surface area contributed by atoms with Crippen molar-refractivity contribution in [3.63, 3.8) is 0 Å². The summed E-state index contributed by atoms with van der Waals surface area (Å²) in [6.45, 7) is 3.90. The van der Waals surface area contributed by atoms with Gasteiger partial charge in [-0.1, -0.05) is 113 Å². The molecule has 1 aliphatic heterocycles. The molecule has 3 nitrogen and oxygen atoms in total. The quantitative estimate of drug-likeness (QED) is 0.207. The second-order valence-electron chi connectivity index (χ2n) is 10.6. The van der Waals surface area contributed by atoms with Crippen molar-refractivity contribution in [2.45, 2.75) is 37.0 Å². The van der Waals surface area contributed by atoms with Gasteiger partial charge in [-0.25, -0.2) is 0 Å². The molecule has 0 aromatic heterocycles. The van der Waals surface area contributed by atoms with E-state index in [0.29, 0.717) is 18.0 Å². The molecule has 200 valence electrons. The highest BCUT2D eigenvalue weighted by Gasteiger charge is 2.35. The number of carbonyl (C=O) groups excluding carboxylic acids is 1. The monoisotopic (exact) mass is 580 g/mol. The van der Waals surface area contributed by atoms with Crippen LogP contribution in [0.4, 0.5) is 0 Å². The Hall–Kier alpha value is -3.21. The minimum absolute atomic E-state index is 0.0458. The first-order valence-electron chi connectivity index (χ1n) is 14.1. The average Bonchev–Trinajstić information content (AvgIpc) is 3.00. The predicted octanol–water partition coefficient (Wildman–Crippen LogP) is 7.83. The van der Waals surface area contributed by atoms with Crippen LogP contribution in [0.3, 0.4) is 0 Å². The van der Waals surface area contributed by atoms with Gasteiger partial charge in [-0.2, -0.15) is 0 Å². The van der Waals surface area contributed by atoms with Gasteiger partial charge in [0.25, 0.3) is 5.91 Å². The van der Waals surface area contributed by atoms with Crippen molar-refractivity contribution >= 4 is 21.8 Å². The summed E-state index contributed by atoms with van der Waals surface area (Å²) in [6.07, 6.45) is 4.45. The molecule has 1 fully saturated rings. The highest BCUT2D eigenvalue weighted by Crippen LogP contribution is 2.37. The molecule has 0 spiro atoms. The molecule has 1 heterocycles. The highest BCUT2D eigenvalue weighted by molar-refractivity contribution is 9.10. The number of rotatable bonds is 10. The molecule has 0 unspecified atom stereocenters. The number of likely N-dealkylation sites (tertiary alicyclic amines) is 1. The molecule has 0 saturated carbocycles. The fraction of sp³-hybridized carbons (Fsp3) is 0.286. The molecule has 1 N–H and O–H groups in total. The molecule has 4 heteroatoms. The van der Waals surface area contributed by atoms with Crippen LogP contribution in [0.5, 0.6) is 0 Å². The van der Waals surface area contributed by atoms with Crippen molar-refractivity contribution in [2.24, 2.45) is 0 Å². The van der Waals surface area contributed by atoms with Crippen LogP contribution in [-0.4, -0.2) is 37.0 Å². The highest BCUT2D eigenvalue weighted by atomic mass is 79.9. The van der Waals surface area contributed by atoms with Crippen molar-refractivity contribution in [1.82, 2.24) is 10.2 Å². The van der Waals surface area contributed by atoms with Crippen molar-refractivity contribution in [3.05, 3.63) is 142 Å². The Morgan fingerprint density at radius 3 is 1.97 bits per heavy atom. The third kappa shape index (κ3) is 6.87. The van der Waals surface area contributed by atoms with Gasteiger partial charge in [-0.15, -0.1) is 0 Å². The summed E-state index contributed by atoms with van der Waals surface area (Å²) in [5.74, 6) is 0.624. The van der Waals surface area contributed by atoms with Crippen molar-refractivity contribution in [1.29, 1.82) is 0 Å². The van der Waals surface area contributed by atoms with Crippen LogP contribution in [0.1, 0.15) is 58.6 Å². The van der Waals surface area contributed by atoms with Crippen LogP contribution in [-0.2, 0) is 5.41 Å². The Kier molecular flexibility index (Phi) is 9.28. The first-order chi connectivity index (χ1) is 19.1. The number of hydrogen-bond donors (Lipinski definition) is 1. The fourth-order valence-electron chi connectivity index (χ4n) is 6.04. The molecule has 1 saturated heterocycles. The minimum atomic E-state index is -0.313. The lowest BCUT2D eigenvalue weighted by Gasteiger charge is -2.37. The van der Waals surface area contributed by atoms with E-state index in [2.05, 4.69) is 117 Å². The first-order valence-corrected chi connectivity index (χ1v) is 14.9. The van der Waals surface area contributed by atoms with Crippen LogP contribution < -0.4 is 5.32 Å². The van der Waals surface area contributed by atoms with Crippen molar-refractivity contribution in [3.8, 4) is 0 Å². The molecule has 5 rings (SSSR count). The van der Waals surface area contributed by atoms with E-state index in [1.54, 1.807) is 0 Å². The predicted molar refractivity (Wildman–Crippen MR) is 164 cm³/mol. The smallest absolute Gasteiger partial charge is 0.251 e. The summed E-state index contributed by atoms with van der Waals surface area (Å²) in [7, 11) is 0. The average molecular weight is 582 g/mol. The van der Waals surface area contributed by atoms with Gasteiger partial charge >= 0.3 is 0 Å². The van der Waals surface area contributed by atoms with E-state index in [0.717, 1.165) is 36.9 Å². The summed E-state index contributed by atoms with van der Waals surface area (Å²) in [5.41, 5.74) is 4.32. The number of nitrogens with zero attached hydrogens (tertiary/aromatic N) is 1. The van der Waals surface area contributed by atoms with Crippen LogP contribution in [0.25, 0.3) is 0 Å². The lowest BCUT2D eigenvalue weighted by atomic mass is 9.71. The maximum absolute atomic E-state index is 13.2. The van der Waals surface area contributed by atoms with E-state index in [9.17, 15) is 4.79 Å². The molecule has 39 heavy (non-hydrogen) atoms. The Balaban J connectivity index is 1.32. The summed E-state index contributed by atoms with van der Waals surface area (Å²) in [5, 5.41) is 3.30. The third-order valence-electron chi connectivity index (χ3n) is 8.23. The van der Waals surface area contributed by atoms with E-state index >= 15 is 0 Å². The number of halogens is 1. The zero-order chi connectivity index (χ0) is 26.9. The van der Waals surface area contributed by atoms with E-state index in [1.807, 2.05) is 24.3 Å². The number of piperidine rings is 1. The zero-order valence-corrected chi connectivity index (χ0v) is 24.0. The maximum atomic E-state index is 13.2. The van der Waals surface area contributed by atoms with Gasteiger partial charge < -0.3 is 10.2 Å². The molecule has 1 aliphatic rings. The fourth-order valence-corrected chi connectivity index (χ4v) is 6.44. The molecule has 4 aromatic rings. The number of nitrogens with one attached hydrogen (secondary N) is 1. The van der Waals surface area contributed by atoms with Crippen molar-refractivity contribution < 1.29 is 4.79 Å². The van der Waals surface area contributed by atoms with E-state index in [-0.39, 0.29) is 11.3 Å². The number of hydrogen-bond acceptors (Lipinski definition) is 2. The SMILES string of the molecule is O=C(NCC(CCCN1CCC(c2ccccc2)CC1)(c1ccccc1)c1ccccc1)c1cccc(Br)c1. The lowest BCUT2D eigenvalue weighted by molar-refractivity contribution is 0.0944. The molecule has 0 aliphatic carbocycles. The standard InChI is InChI=1S/C35H37BrN2O/c36-33-19-10-14-30(26-33)34(39)37-27-35(31-15-6-2-7-16-31,32-17-8-3-9-18-32)22-11-23-38-24-20-29(21-25-38)28-12-4-1-5-13-28/h1-10,12-19,26,29H,11,20-25,27H2,(H,37,39). The van der Waals surface area contributed by atoms with E-state index in [4.69, 9.17) is 0 Å². The van der Waals surface area contributed by atoms with Gasteiger partial charge in [0.05, 0.1) is 0 Å². The Bertz CT molecular complexity index is 1280. The largest absolute Gasteiger partial charge is 0.351 e. The van der Waals surface area contributed by atoms with Gasteiger partial charge in [0.1, 0.15) is 0 Å². The minimum Gasteiger partial charge on any atom is -0.351 e. The van der Waals surface area contributed by atoms with Gasteiger partial charge in [0.2, 0.25) is 0 Å². The van der Waals surface area contributed by atoms with Crippen LogP contribution in [0.15, 0.2) is 120 Å². The Labute approximate surface area is 241 Å². The Morgan fingerprint density at radius 2 is 1.38 bits per heavy atom. The normalized spacial score (nSPS) is 14.7. The van der Waals surface area contributed by atoms with Crippen LogP contribution in [0.2, 0.25) is 0 Å². The number of benzene rings is 4. The summed E-state index contributed by atoms with van der Waals surface area (Å²) < 4.78 is 0.906. The molecule has 1 amide bonds. The second-order valence-corrected chi connectivity index (χ2v) is 11.6. The summed E-state index contributed by atoms with van der Waals surface area (Å²) >= 11 is 3.50. The zero-order valence-electron chi connectivity index (χ0n) is 22.4. The first kappa shape index (κ1) is 27.4. The van der Waals surface area contributed by atoms with Gasteiger partial charge in [0.15, 0.2) is 0 Å².